The Morgan fingerprint density at radius 1 is 1.47 bits per heavy atom. The first-order chi connectivity index (χ1) is 9.13. The van der Waals surface area contributed by atoms with Gasteiger partial charge in [-0.3, -0.25) is 4.79 Å². The summed E-state index contributed by atoms with van der Waals surface area (Å²) >= 11 is 0. The van der Waals surface area contributed by atoms with Crippen LogP contribution in [-0.2, 0) is 0 Å². The Balaban J connectivity index is 2.16. The Morgan fingerprint density at radius 3 is 2.74 bits per heavy atom. The van der Waals surface area contributed by atoms with Gasteiger partial charge in [-0.2, -0.15) is 0 Å². The average Bonchev–Trinajstić information content (AvgIpc) is 2.34. The first-order valence-corrected chi connectivity index (χ1v) is 6.61. The van der Waals surface area contributed by atoms with Crippen molar-refractivity contribution in [2.45, 2.75) is 32.2 Å². The third kappa shape index (κ3) is 2.97. The van der Waals surface area contributed by atoms with Gasteiger partial charge in [0.05, 0.1) is 0 Å². The third-order valence-corrected chi connectivity index (χ3v) is 3.72. The molecule has 1 aromatic carbocycles. The highest BCUT2D eigenvalue weighted by atomic mass is 16.2. The van der Waals surface area contributed by atoms with Gasteiger partial charge in [0.1, 0.15) is 6.61 Å². The van der Waals surface area contributed by atoms with Crippen molar-refractivity contribution >= 4 is 5.91 Å². The highest BCUT2D eigenvalue weighted by molar-refractivity contribution is 5.94. The first-order valence-electron chi connectivity index (χ1n) is 6.61. The topological polar surface area (TPSA) is 40.5 Å². The molecule has 1 amide bonds. The second-order valence-electron chi connectivity index (χ2n) is 4.99. The maximum absolute atomic E-state index is 12.3. The fourth-order valence-electron chi connectivity index (χ4n) is 2.22. The SMILES string of the molecule is Cc1cc(C(=O)N(C)C2CCC2)ccc1C#CCO. The van der Waals surface area contributed by atoms with Gasteiger partial charge in [0.2, 0.25) is 0 Å². The van der Waals surface area contributed by atoms with Gasteiger partial charge in [-0.05, 0) is 49.9 Å². The van der Waals surface area contributed by atoms with Gasteiger partial charge in [-0.15, -0.1) is 0 Å². The monoisotopic (exact) mass is 257 g/mol. The maximum Gasteiger partial charge on any atom is 0.253 e. The summed E-state index contributed by atoms with van der Waals surface area (Å²) in [6, 6.07) is 5.94. The average molecular weight is 257 g/mol. The molecule has 2 rings (SSSR count). The number of aryl methyl sites for hydroxylation is 1. The van der Waals surface area contributed by atoms with E-state index in [1.54, 1.807) is 0 Å². The molecule has 3 heteroatoms. The number of hydrogen-bond donors (Lipinski definition) is 1. The van der Waals surface area contributed by atoms with Crippen molar-refractivity contribution in [1.82, 2.24) is 4.90 Å². The normalized spacial score (nSPS) is 14.3. The molecule has 1 fully saturated rings. The van der Waals surface area contributed by atoms with Crippen molar-refractivity contribution in [1.29, 1.82) is 0 Å². The molecule has 0 aliphatic heterocycles. The van der Waals surface area contributed by atoms with Crippen molar-refractivity contribution in [3.8, 4) is 11.8 Å². The van der Waals surface area contributed by atoms with Crippen molar-refractivity contribution < 1.29 is 9.90 Å². The summed E-state index contributed by atoms with van der Waals surface area (Å²) < 4.78 is 0. The molecule has 1 aliphatic rings. The molecule has 1 aromatic rings. The number of amides is 1. The van der Waals surface area contributed by atoms with Gasteiger partial charge in [0, 0.05) is 24.2 Å². The van der Waals surface area contributed by atoms with E-state index in [-0.39, 0.29) is 12.5 Å². The Morgan fingerprint density at radius 2 is 2.21 bits per heavy atom. The Bertz CT molecular complexity index is 535. The lowest BCUT2D eigenvalue weighted by Gasteiger charge is -2.34. The lowest BCUT2D eigenvalue weighted by Crippen LogP contribution is -2.41. The number of hydrogen-bond acceptors (Lipinski definition) is 2. The van der Waals surface area contributed by atoms with Crippen molar-refractivity contribution in [3.63, 3.8) is 0 Å². The molecular formula is C16H19NO2. The summed E-state index contributed by atoms with van der Waals surface area (Å²) in [6.07, 6.45) is 3.44. The number of benzene rings is 1. The van der Waals surface area contributed by atoms with Crippen LogP contribution in [-0.4, -0.2) is 35.6 Å². The van der Waals surface area contributed by atoms with Crippen LogP contribution >= 0.6 is 0 Å². The molecule has 0 heterocycles. The van der Waals surface area contributed by atoms with E-state index in [1.165, 1.54) is 6.42 Å². The van der Waals surface area contributed by atoms with Crippen molar-refractivity contribution in [3.05, 3.63) is 34.9 Å². The van der Waals surface area contributed by atoms with Crippen LogP contribution in [0.5, 0.6) is 0 Å². The number of nitrogens with zero attached hydrogens (tertiary/aromatic N) is 1. The Kier molecular flexibility index (Phi) is 4.24. The number of aliphatic hydroxyl groups is 1. The number of aliphatic hydroxyl groups excluding tert-OH is 1. The highest BCUT2D eigenvalue weighted by Crippen LogP contribution is 2.25. The lowest BCUT2D eigenvalue weighted by atomic mass is 9.91. The van der Waals surface area contributed by atoms with Crippen LogP contribution in [0.1, 0.15) is 40.7 Å². The molecule has 1 N–H and O–H groups in total. The van der Waals surface area contributed by atoms with Crippen LogP contribution < -0.4 is 0 Å². The molecule has 0 atom stereocenters. The third-order valence-electron chi connectivity index (χ3n) is 3.72. The predicted octanol–water partition coefficient (Wildman–Crippen LogP) is 1.96. The van der Waals surface area contributed by atoms with Crippen LogP contribution in [0.15, 0.2) is 18.2 Å². The minimum Gasteiger partial charge on any atom is -0.384 e. The summed E-state index contributed by atoms with van der Waals surface area (Å²) in [5, 5.41) is 8.69. The predicted molar refractivity (Wildman–Crippen MR) is 74.9 cm³/mol. The van der Waals surface area contributed by atoms with Gasteiger partial charge in [-0.1, -0.05) is 11.8 Å². The van der Waals surface area contributed by atoms with Gasteiger partial charge in [0.15, 0.2) is 0 Å². The van der Waals surface area contributed by atoms with Gasteiger partial charge in [0.25, 0.3) is 5.91 Å². The van der Waals surface area contributed by atoms with E-state index in [0.717, 1.165) is 24.0 Å². The highest BCUT2D eigenvalue weighted by Gasteiger charge is 2.26. The lowest BCUT2D eigenvalue weighted by molar-refractivity contribution is 0.0652. The summed E-state index contributed by atoms with van der Waals surface area (Å²) in [4.78, 5) is 14.2. The summed E-state index contributed by atoms with van der Waals surface area (Å²) in [5.74, 6) is 5.58. The standard InChI is InChI=1S/C16H19NO2/c1-12-11-14(9-8-13(12)5-4-10-18)16(19)17(2)15-6-3-7-15/h8-9,11,15,18H,3,6-7,10H2,1-2H3. The first kappa shape index (κ1) is 13.6. The van der Waals surface area contributed by atoms with E-state index in [2.05, 4.69) is 11.8 Å². The summed E-state index contributed by atoms with van der Waals surface area (Å²) in [6.45, 7) is 1.78. The molecule has 0 bridgehead atoms. The molecule has 100 valence electrons. The summed E-state index contributed by atoms with van der Waals surface area (Å²) in [5.41, 5.74) is 2.53. The molecule has 1 saturated carbocycles. The summed E-state index contributed by atoms with van der Waals surface area (Å²) in [7, 11) is 1.88. The second kappa shape index (κ2) is 5.90. The molecule has 0 radical (unpaired) electrons. The fraction of sp³-hybridized carbons (Fsp3) is 0.438. The molecule has 3 nitrogen and oxygen atoms in total. The van der Waals surface area contributed by atoms with Gasteiger partial charge >= 0.3 is 0 Å². The van der Waals surface area contributed by atoms with Gasteiger partial charge in [-0.25, -0.2) is 0 Å². The zero-order chi connectivity index (χ0) is 13.8. The zero-order valence-corrected chi connectivity index (χ0v) is 11.4. The van der Waals surface area contributed by atoms with Crippen molar-refractivity contribution in [2.75, 3.05) is 13.7 Å². The number of rotatable bonds is 2. The van der Waals surface area contributed by atoms with E-state index in [1.807, 2.05) is 37.1 Å². The van der Waals surface area contributed by atoms with Crippen LogP contribution in [0.2, 0.25) is 0 Å². The maximum atomic E-state index is 12.3. The van der Waals surface area contributed by atoms with Gasteiger partial charge < -0.3 is 10.0 Å². The minimum atomic E-state index is -0.148. The fourth-order valence-corrected chi connectivity index (χ4v) is 2.22. The second-order valence-corrected chi connectivity index (χ2v) is 4.99. The molecule has 0 saturated heterocycles. The van der Waals surface area contributed by atoms with Crippen LogP contribution in [0.25, 0.3) is 0 Å². The van der Waals surface area contributed by atoms with E-state index in [0.29, 0.717) is 11.6 Å². The largest absolute Gasteiger partial charge is 0.384 e. The molecule has 19 heavy (non-hydrogen) atoms. The molecule has 0 spiro atoms. The number of carbonyl (C=O) groups is 1. The van der Waals surface area contributed by atoms with Crippen LogP contribution in [0.3, 0.4) is 0 Å². The quantitative estimate of drug-likeness (QED) is 0.823. The van der Waals surface area contributed by atoms with E-state index in [9.17, 15) is 4.79 Å². The van der Waals surface area contributed by atoms with Crippen LogP contribution in [0.4, 0.5) is 0 Å². The Hall–Kier alpha value is -1.79. The van der Waals surface area contributed by atoms with E-state index in [4.69, 9.17) is 5.11 Å². The molecule has 1 aliphatic carbocycles. The number of carbonyl (C=O) groups excluding carboxylic acids is 1. The van der Waals surface area contributed by atoms with E-state index < -0.39 is 0 Å². The van der Waals surface area contributed by atoms with Crippen molar-refractivity contribution in [2.24, 2.45) is 0 Å². The van der Waals surface area contributed by atoms with Crippen LogP contribution in [0, 0.1) is 18.8 Å². The Labute approximate surface area is 114 Å². The molecule has 0 aromatic heterocycles. The molecule has 0 unspecified atom stereocenters. The van der Waals surface area contributed by atoms with E-state index >= 15 is 0 Å². The zero-order valence-electron chi connectivity index (χ0n) is 11.4. The smallest absolute Gasteiger partial charge is 0.253 e. The molecular weight excluding hydrogens is 238 g/mol. The minimum absolute atomic E-state index is 0.0782.